The minimum Gasteiger partial charge on any atom is -0.444 e. The van der Waals surface area contributed by atoms with Crippen LogP contribution in [0.2, 0.25) is 0 Å². The molecule has 3 rings (SSSR count). The van der Waals surface area contributed by atoms with Gasteiger partial charge in [-0.1, -0.05) is 5.11 Å². The Labute approximate surface area is 161 Å². The number of benzene rings is 1. The van der Waals surface area contributed by atoms with Crippen molar-refractivity contribution in [3.63, 3.8) is 0 Å². The molecule has 0 spiro atoms. The second-order valence-electron chi connectivity index (χ2n) is 6.91. The summed E-state index contributed by atoms with van der Waals surface area (Å²) in [6.07, 6.45) is 0.265. The lowest BCUT2D eigenvalue weighted by Crippen LogP contribution is -2.37. The molecule has 0 radical (unpaired) electrons. The van der Waals surface area contributed by atoms with Crippen LogP contribution in [0.4, 0.5) is 20.6 Å². The van der Waals surface area contributed by atoms with Gasteiger partial charge in [0.15, 0.2) is 0 Å². The number of piperidine rings is 1. The zero-order valence-corrected chi connectivity index (χ0v) is 15.2. The van der Waals surface area contributed by atoms with Crippen LogP contribution in [-0.2, 0) is 4.74 Å². The highest BCUT2D eigenvalue weighted by atomic mass is 19.1. The molecular formula is C18H21FN6O3. The Bertz CT molecular complexity index is 814. The van der Waals surface area contributed by atoms with Crippen molar-refractivity contribution in [2.24, 2.45) is 17.0 Å². The monoisotopic (exact) mass is 388 g/mol. The second-order valence-corrected chi connectivity index (χ2v) is 6.91. The number of azide groups is 1. The summed E-state index contributed by atoms with van der Waals surface area (Å²) in [4.78, 5) is 17.9. The molecule has 0 aliphatic carbocycles. The Kier molecular flexibility index (Phi) is 6.19. The summed E-state index contributed by atoms with van der Waals surface area (Å²) in [5.74, 6) is -0.712. The van der Waals surface area contributed by atoms with Gasteiger partial charge >= 0.3 is 6.09 Å². The van der Waals surface area contributed by atoms with Gasteiger partial charge in [0, 0.05) is 18.0 Å². The number of cyclic esters (lactones) is 1. The van der Waals surface area contributed by atoms with E-state index in [1.807, 2.05) is 4.90 Å². The largest absolute Gasteiger partial charge is 0.444 e. The Morgan fingerprint density at radius 3 is 2.82 bits per heavy atom. The van der Waals surface area contributed by atoms with E-state index in [9.17, 15) is 14.3 Å². The van der Waals surface area contributed by atoms with Crippen LogP contribution in [0, 0.1) is 29.0 Å². The third-order valence-corrected chi connectivity index (χ3v) is 5.28. The first-order valence-electron chi connectivity index (χ1n) is 9.11. The van der Waals surface area contributed by atoms with Crippen LogP contribution in [0.3, 0.4) is 0 Å². The highest BCUT2D eigenvalue weighted by Gasteiger charge is 2.33. The van der Waals surface area contributed by atoms with Crippen molar-refractivity contribution < 1.29 is 19.0 Å². The summed E-state index contributed by atoms with van der Waals surface area (Å²) in [6.45, 7) is 1.26. The van der Waals surface area contributed by atoms with E-state index in [1.165, 1.54) is 11.0 Å². The van der Waals surface area contributed by atoms with E-state index >= 15 is 0 Å². The Morgan fingerprint density at radius 1 is 1.46 bits per heavy atom. The zero-order chi connectivity index (χ0) is 20.1. The molecule has 0 aromatic heterocycles. The van der Waals surface area contributed by atoms with Gasteiger partial charge in [-0.2, -0.15) is 5.26 Å². The number of ether oxygens (including phenoxy) is 1. The van der Waals surface area contributed by atoms with Gasteiger partial charge in [0.05, 0.1) is 43.1 Å². The number of anilines is 2. The zero-order valence-electron chi connectivity index (χ0n) is 15.2. The maximum atomic E-state index is 14.7. The molecule has 2 saturated heterocycles. The highest BCUT2D eigenvalue weighted by molar-refractivity contribution is 5.90. The average molecular weight is 388 g/mol. The lowest BCUT2D eigenvalue weighted by molar-refractivity contribution is 0.145. The fourth-order valence-electron chi connectivity index (χ4n) is 3.71. The number of halogens is 1. The topological polar surface area (TPSA) is 126 Å². The molecule has 1 N–H and O–H groups in total. The molecular weight excluding hydrogens is 367 g/mol. The fourth-order valence-corrected chi connectivity index (χ4v) is 3.71. The number of nitriles is 1. The minimum absolute atomic E-state index is 0.0335. The SMILES string of the molecule is N#C[C@@H](CO)C1CCN(c2ccc(N3C[C@@H](CN=[N+]=[N-])OC3=O)cc2F)CC1. The minimum atomic E-state index is -0.599. The molecule has 0 bridgehead atoms. The number of hydrogen-bond acceptors (Lipinski definition) is 6. The van der Waals surface area contributed by atoms with Crippen LogP contribution in [0.1, 0.15) is 12.8 Å². The molecule has 0 saturated carbocycles. The number of carbonyl (C=O) groups is 1. The second kappa shape index (κ2) is 8.78. The number of amides is 1. The smallest absolute Gasteiger partial charge is 0.414 e. The van der Waals surface area contributed by atoms with Gasteiger partial charge in [0.1, 0.15) is 11.9 Å². The predicted molar refractivity (Wildman–Crippen MR) is 99.2 cm³/mol. The standard InChI is InChI=1S/C18H21FN6O3/c19-16-7-14(25-10-15(9-22-23-21)28-18(25)27)1-2-17(16)24-5-3-12(4-6-24)13(8-20)11-26/h1-2,7,12-13,15,26H,3-6,9-11H2/t13-,15+/m0/s1. The van der Waals surface area contributed by atoms with Crippen molar-refractivity contribution in [1.29, 1.82) is 5.26 Å². The van der Waals surface area contributed by atoms with Gasteiger partial charge in [0.25, 0.3) is 0 Å². The van der Waals surface area contributed by atoms with Gasteiger partial charge in [-0.25, -0.2) is 9.18 Å². The Balaban J connectivity index is 1.66. The molecule has 10 heteroatoms. The van der Waals surface area contributed by atoms with Crippen LogP contribution in [0.5, 0.6) is 0 Å². The van der Waals surface area contributed by atoms with Gasteiger partial charge in [-0.15, -0.1) is 0 Å². The summed E-state index contributed by atoms with van der Waals surface area (Å²) in [6, 6.07) is 6.72. The molecule has 2 heterocycles. The van der Waals surface area contributed by atoms with E-state index in [4.69, 9.17) is 15.5 Å². The summed E-state index contributed by atoms with van der Waals surface area (Å²) in [5, 5.41) is 21.7. The van der Waals surface area contributed by atoms with Gasteiger partial charge in [0.2, 0.25) is 0 Å². The van der Waals surface area contributed by atoms with Crippen LogP contribution >= 0.6 is 0 Å². The third kappa shape index (κ3) is 4.11. The first-order valence-corrected chi connectivity index (χ1v) is 9.11. The first-order chi connectivity index (χ1) is 13.6. The molecule has 9 nitrogen and oxygen atoms in total. The number of nitrogens with zero attached hydrogens (tertiary/aromatic N) is 6. The van der Waals surface area contributed by atoms with Gasteiger partial charge < -0.3 is 14.7 Å². The number of aliphatic hydroxyl groups excluding tert-OH is 1. The first kappa shape index (κ1) is 19.7. The van der Waals surface area contributed by atoms with Crippen molar-refractivity contribution in [2.45, 2.75) is 18.9 Å². The summed E-state index contributed by atoms with van der Waals surface area (Å²) >= 11 is 0. The van der Waals surface area contributed by atoms with Crippen molar-refractivity contribution in [2.75, 3.05) is 42.6 Å². The maximum absolute atomic E-state index is 14.7. The van der Waals surface area contributed by atoms with Crippen LogP contribution in [0.25, 0.3) is 10.4 Å². The van der Waals surface area contributed by atoms with Crippen molar-refractivity contribution in [3.8, 4) is 6.07 Å². The third-order valence-electron chi connectivity index (χ3n) is 5.28. The molecule has 28 heavy (non-hydrogen) atoms. The van der Waals surface area contributed by atoms with E-state index in [0.29, 0.717) is 37.3 Å². The van der Waals surface area contributed by atoms with E-state index in [2.05, 4.69) is 16.1 Å². The van der Waals surface area contributed by atoms with E-state index in [-0.39, 0.29) is 31.5 Å². The molecule has 148 valence electrons. The molecule has 2 fully saturated rings. The molecule has 2 aliphatic rings. The molecule has 1 amide bonds. The van der Waals surface area contributed by atoms with E-state index in [1.54, 1.807) is 12.1 Å². The summed E-state index contributed by atoms with van der Waals surface area (Å²) in [5.41, 5.74) is 9.19. The van der Waals surface area contributed by atoms with E-state index in [0.717, 1.165) is 0 Å². The van der Waals surface area contributed by atoms with Crippen LogP contribution in [0.15, 0.2) is 23.3 Å². The predicted octanol–water partition coefficient (Wildman–Crippen LogP) is 2.81. The Hall–Kier alpha value is -3.02. The molecule has 1 aromatic rings. The molecule has 2 aliphatic heterocycles. The van der Waals surface area contributed by atoms with Crippen molar-refractivity contribution >= 4 is 17.5 Å². The maximum Gasteiger partial charge on any atom is 0.414 e. The summed E-state index contributed by atoms with van der Waals surface area (Å²) < 4.78 is 19.8. The fraction of sp³-hybridized carbons (Fsp3) is 0.556. The van der Waals surface area contributed by atoms with Gasteiger partial charge in [-0.3, -0.25) is 4.90 Å². The lowest BCUT2D eigenvalue weighted by Gasteiger charge is -2.35. The molecule has 0 unspecified atom stereocenters. The van der Waals surface area contributed by atoms with Crippen LogP contribution in [-0.4, -0.2) is 50.1 Å². The van der Waals surface area contributed by atoms with E-state index < -0.39 is 18.0 Å². The molecule has 2 atom stereocenters. The van der Waals surface area contributed by atoms with Crippen molar-refractivity contribution in [3.05, 3.63) is 34.5 Å². The lowest BCUT2D eigenvalue weighted by atomic mass is 9.85. The summed E-state index contributed by atoms with van der Waals surface area (Å²) in [7, 11) is 0. The molecule has 1 aromatic carbocycles. The normalized spacial score (nSPS) is 21.0. The number of aliphatic hydroxyl groups is 1. The number of rotatable bonds is 6. The average Bonchev–Trinajstić information content (AvgIpc) is 3.08. The number of hydrogen-bond donors (Lipinski definition) is 1. The van der Waals surface area contributed by atoms with Crippen molar-refractivity contribution in [1.82, 2.24) is 0 Å². The van der Waals surface area contributed by atoms with Crippen LogP contribution < -0.4 is 9.80 Å². The van der Waals surface area contributed by atoms with Gasteiger partial charge in [-0.05, 0) is 42.5 Å². The highest BCUT2D eigenvalue weighted by Crippen LogP contribution is 2.32. The quantitative estimate of drug-likeness (QED) is 0.456. The number of carbonyl (C=O) groups excluding carboxylic acids is 1. The Morgan fingerprint density at radius 2 is 2.21 bits per heavy atom.